The largest absolute Gasteiger partial charge is 4.00 e. The van der Waals surface area contributed by atoms with Gasteiger partial charge in [0, 0.05) is 0 Å². The topological polar surface area (TPSA) is 161 Å². The van der Waals surface area contributed by atoms with Crippen LogP contribution in [0.5, 0.6) is 0 Å². The van der Waals surface area contributed by atoms with Crippen LogP contribution in [0.25, 0.3) is 0 Å². The van der Waals surface area contributed by atoms with Crippen LogP contribution < -0.4 is 19.6 Å². The molecule has 0 amide bonds. The Morgan fingerprint density at radius 1 is 0.538 bits per heavy atom. The van der Waals surface area contributed by atoms with Crippen molar-refractivity contribution in [1.29, 1.82) is 0 Å². The summed E-state index contributed by atoms with van der Waals surface area (Å²) in [5.41, 5.74) is 0. The number of hydrogen-bond donors (Lipinski definition) is 0. The molecule has 0 unspecified atom stereocenters. The van der Waals surface area contributed by atoms with Gasteiger partial charge in [0.1, 0.15) is 0 Å². The third kappa shape index (κ3) is 2430. The molecule has 0 aromatic heterocycles. The summed E-state index contributed by atoms with van der Waals surface area (Å²) in [5, 5.41) is 0. The van der Waals surface area contributed by atoms with E-state index in [1.807, 2.05) is 0 Å². The van der Waals surface area contributed by atoms with Crippen LogP contribution in [-0.2, 0) is 18.3 Å². The van der Waals surface area contributed by atoms with E-state index in [2.05, 4.69) is 0 Å². The van der Waals surface area contributed by atoms with Gasteiger partial charge < -0.3 is 19.6 Å². The molecule has 13 heteroatoms. The quantitative estimate of drug-likeness (QED) is 0.359. The molecule has 0 fully saturated rings. The predicted molar refractivity (Wildman–Crippen MR) is 36.2 cm³/mol. The van der Waals surface area contributed by atoms with Crippen molar-refractivity contribution in [3.63, 3.8) is 0 Å². The van der Waals surface area contributed by atoms with Gasteiger partial charge in [0.2, 0.25) is 0 Å². The first-order chi connectivity index (χ1) is 5.66. The molecule has 0 rings (SSSR count). The van der Waals surface area contributed by atoms with E-state index in [0.29, 0.717) is 0 Å². The van der Waals surface area contributed by atoms with Crippen LogP contribution in [0.15, 0.2) is 0 Å². The Kier molecular flexibility index (Phi) is 174. The number of rotatable bonds is 0. The zero-order valence-electron chi connectivity index (χ0n) is 5.55. The summed E-state index contributed by atoms with van der Waals surface area (Å²) in [5.74, 6) is 0. The third-order valence-corrected chi connectivity index (χ3v) is 0. The minimum Gasteiger partial charge on any atom is -0.772 e. The molecule has 0 aromatic carbocycles. The summed E-state index contributed by atoms with van der Waals surface area (Å²) in [6, 6.07) is 0. The van der Waals surface area contributed by atoms with Gasteiger partial charge in [0.25, 0.3) is 0 Å². The smallest absolute Gasteiger partial charge is 0.772 e. The van der Waals surface area contributed by atoms with Gasteiger partial charge in [0.05, 0.1) is 34.7 Å². The molecule has 0 radical (unpaired) electrons. The minimum atomic E-state index is -1.08. The molecule has 0 saturated heterocycles. The SMILES string of the molecule is O=P[O-].O=P[O-].O=P[O-].O=P[O-].[Ge+4]. The van der Waals surface area contributed by atoms with Crippen LogP contribution in [0.3, 0.4) is 0 Å². The molecular weight excluding hydrogens is 324 g/mol. The average molecular weight is 324 g/mol. The predicted octanol–water partition coefficient (Wildman–Crippen LogP) is -2.17. The Balaban J connectivity index is -0.0000000213. The van der Waals surface area contributed by atoms with Crippen molar-refractivity contribution in [2.45, 2.75) is 0 Å². The van der Waals surface area contributed by atoms with Crippen molar-refractivity contribution in [3.8, 4) is 0 Å². The third-order valence-electron chi connectivity index (χ3n) is 0. The minimum absolute atomic E-state index is 0. The van der Waals surface area contributed by atoms with Gasteiger partial charge in [-0.05, 0) is 0 Å². The van der Waals surface area contributed by atoms with Crippen molar-refractivity contribution >= 4 is 52.3 Å². The molecule has 0 aliphatic rings. The Labute approximate surface area is 90.5 Å². The first-order valence-electron chi connectivity index (χ1n) is 1.46. The Bertz CT molecular complexity index is 70.1. The van der Waals surface area contributed by atoms with Gasteiger partial charge in [-0.1, -0.05) is 0 Å². The monoisotopic (exact) mass is 326 g/mol. The van der Waals surface area contributed by atoms with Crippen molar-refractivity contribution < 1.29 is 37.8 Å². The second kappa shape index (κ2) is 77.6. The first kappa shape index (κ1) is 29.2. The molecular formula is GeO8P4. The van der Waals surface area contributed by atoms with Crippen LogP contribution in [0.4, 0.5) is 0 Å². The standard InChI is InChI=1S/Ge.4HO2P/c;4*1-3-2/h;4*(H,1,2)/q+4;;;;/p-4. The first-order valence-corrected chi connectivity index (χ1v) is 4.38. The van der Waals surface area contributed by atoms with Gasteiger partial charge in [-0.3, -0.25) is 18.3 Å². The van der Waals surface area contributed by atoms with Crippen molar-refractivity contribution in [3.05, 3.63) is 0 Å². The van der Waals surface area contributed by atoms with Gasteiger partial charge >= 0.3 is 17.6 Å². The number of hydrogen-bond acceptors (Lipinski definition) is 8. The molecule has 0 spiro atoms. The summed E-state index contributed by atoms with van der Waals surface area (Å²) < 4.78 is 33.4. The van der Waals surface area contributed by atoms with Crippen LogP contribution in [0.1, 0.15) is 0 Å². The molecule has 8 nitrogen and oxygen atoms in total. The maximum absolute atomic E-state index is 8.35. The maximum atomic E-state index is 8.35. The summed E-state index contributed by atoms with van der Waals surface area (Å²) in [4.78, 5) is 33.4. The van der Waals surface area contributed by atoms with E-state index in [-0.39, 0.29) is 17.6 Å². The summed E-state index contributed by atoms with van der Waals surface area (Å²) >= 11 is 0. The molecule has 0 N–H and O–H groups in total. The van der Waals surface area contributed by atoms with Crippen molar-refractivity contribution in [1.82, 2.24) is 0 Å². The van der Waals surface area contributed by atoms with Crippen LogP contribution in [0.2, 0.25) is 0 Å². The van der Waals surface area contributed by atoms with E-state index < -0.39 is 34.7 Å². The molecule has 0 aliphatic carbocycles. The molecule has 13 heavy (non-hydrogen) atoms. The van der Waals surface area contributed by atoms with Gasteiger partial charge in [0.15, 0.2) is 0 Å². The van der Waals surface area contributed by atoms with Crippen LogP contribution in [-0.4, -0.2) is 17.6 Å². The zero-order chi connectivity index (χ0) is 10.8. The molecule has 0 heterocycles. The molecule has 0 atom stereocenters. The molecule has 0 bridgehead atoms. The van der Waals surface area contributed by atoms with E-state index in [4.69, 9.17) is 37.8 Å². The van der Waals surface area contributed by atoms with Crippen molar-refractivity contribution in [2.24, 2.45) is 0 Å². The molecule has 72 valence electrons. The Hall–Kier alpha value is 0.783. The molecule has 0 aliphatic heterocycles. The summed E-state index contributed by atoms with van der Waals surface area (Å²) in [7, 11) is -4.33. The fourth-order valence-corrected chi connectivity index (χ4v) is 0. The van der Waals surface area contributed by atoms with E-state index in [1.54, 1.807) is 0 Å². The van der Waals surface area contributed by atoms with E-state index in [9.17, 15) is 0 Å². The molecule has 0 aromatic rings. The van der Waals surface area contributed by atoms with E-state index in [0.717, 1.165) is 0 Å². The second-order valence-electron chi connectivity index (χ2n) is 0.298. The Morgan fingerprint density at radius 2 is 0.538 bits per heavy atom. The second-order valence-corrected chi connectivity index (χ2v) is 0.894. The fourth-order valence-electron chi connectivity index (χ4n) is 0. The summed E-state index contributed by atoms with van der Waals surface area (Å²) in [6.45, 7) is 0. The van der Waals surface area contributed by atoms with E-state index in [1.165, 1.54) is 0 Å². The zero-order valence-corrected chi connectivity index (χ0v) is 11.2. The van der Waals surface area contributed by atoms with Gasteiger partial charge in [-0.15, -0.1) is 0 Å². The average Bonchev–Trinajstić information content (AvgIpc) is 1.92. The fraction of sp³-hybridized carbons (Fsp3) is 0. The van der Waals surface area contributed by atoms with Crippen LogP contribution >= 0.6 is 34.7 Å². The van der Waals surface area contributed by atoms with Crippen molar-refractivity contribution in [2.75, 3.05) is 0 Å². The van der Waals surface area contributed by atoms with E-state index >= 15 is 0 Å². The van der Waals surface area contributed by atoms with Gasteiger partial charge in [-0.2, -0.15) is 0 Å². The van der Waals surface area contributed by atoms with Gasteiger partial charge in [-0.25, -0.2) is 0 Å². The van der Waals surface area contributed by atoms with Crippen LogP contribution in [0, 0.1) is 0 Å². The molecule has 0 saturated carbocycles. The normalized spacial score (nSPS) is 6.46. The Morgan fingerprint density at radius 3 is 0.538 bits per heavy atom. The summed E-state index contributed by atoms with van der Waals surface area (Å²) in [6.07, 6.45) is 0. The maximum Gasteiger partial charge on any atom is 4.00 e.